The van der Waals surface area contributed by atoms with Crippen molar-refractivity contribution in [3.63, 3.8) is 0 Å². The second-order valence-electron chi connectivity index (χ2n) is 26.1. The van der Waals surface area contributed by atoms with Crippen molar-refractivity contribution in [3.8, 4) is 17.0 Å². The number of nitrogens with one attached hydrogen (secondary N) is 1. The van der Waals surface area contributed by atoms with Gasteiger partial charge in [0.05, 0.1) is 29.0 Å². The minimum absolute atomic E-state index is 0.00200. The Morgan fingerprint density at radius 1 is 0.774 bits per heavy atom. The van der Waals surface area contributed by atoms with Crippen molar-refractivity contribution in [1.82, 2.24) is 34.9 Å². The van der Waals surface area contributed by atoms with E-state index in [1.54, 1.807) is 58.7 Å². The van der Waals surface area contributed by atoms with Crippen LogP contribution < -0.4 is 34.6 Å². The summed E-state index contributed by atoms with van der Waals surface area (Å²) in [5.41, 5.74) is 2.29. The number of rotatable bonds is 13. The number of piperidine rings is 1. The van der Waals surface area contributed by atoms with Crippen molar-refractivity contribution in [2.75, 3.05) is 90.8 Å². The molecule has 1 saturated carbocycles. The fourth-order valence-electron chi connectivity index (χ4n) is 13.9. The quantitative estimate of drug-likeness (QED) is 0.110. The lowest BCUT2D eigenvalue weighted by Crippen LogP contribution is -2.61. The van der Waals surface area contributed by atoms with Gasteiger partial charge in [0.2, 0.25) is 5.91 Å². The summed E-state index contributed by atoms with van der Waals surface area (Å²) in [4.78, 5) is 71.4. The molecule has 6 aliphatic heterocycles. The third-order valence-corrected chi connectivity index (χ3v) is 18.0. The molecule has 1 aliphatic carbocycles. The van der Waals surface area contributed by atoms with Crippen LogP contribution in [0.3, 0.4) is 0 Å². The van der Waals surface area contributed by atoms with Crippen LogP contribution in [0.25, 0.3) is 22.3 Å². The molecule has 6 saturated heterocycles. The highest BCUT2D eigenvalue weighted by Crippen LogP contribution is 2.46. The summed E-state index contributed by atoms with van der Waals surface area (Å²) in [6.45, 7) is 16.7. The predicted octanol–water partition coefficient (Wildman–Crippen LogP) is 9.76. The Kier molecular flexibility index (Phi) is 15.2. The standard InChI is InChI=1S/C62H78F2N12O8/c1-38-31-73(55-48(38)27-46(30-65-55)72-22-19-54(77)66-57(72)78)45-25-44(26-45)70-32-40-13-14-41(33-70)74(40)36-62(64)20-23-69(24-21-62)51-28-39(17-18-49(51)63)75-42-15-16-43(75)35-71(34-42)52-29-50(47-11-9-10-12-53(47)82-37-81-8)67-68-56(52)76(58(79)83-60(2,3)4)59(80)84-61(5,6)7/h9-12,17-18,27-31,40-45H,13-16,19-26,32-37H2,1-8H3,(H,66,77,78). The topological polar surface area (TPSA) is 184 Å². The minimum Gasteiger partial charge on any atom is -0.467 e. The fourth-order valence-corrected chi connectivity index (χ4v) is 13.9. The van der Waals surface area contributed by atoms with Crippen molar-refractivity contribution in [1.29, 1.82) is 0 Å². The molecule has 9 heterocycles. The van der Waals surface area contributed by atoms with E-state index in [0.717, 1.165) is 78.8 Å². The van der Waals surface area contributed by atoms with Crippen LogP contribution in [0.4, 0.5) is 51.7 Å². The molecule has 1 N–H and O–H groups in total. The largest absolute Gasteiger partial charge is 0.467 e. The number of pyridine rings is 1. The van der Waals surface area contributed by atoms with Gasteiger partial charge in [-0.15, -0.1) is 10.2 Å². The molecule has 4 bridgehead atoms. The summed E-state index contributed by atoms with van der Waals surface area (Å²) in [5, 5.41) is 12.6. The number of benzene rings is 2. The van der Waals surface area contributed by atoms with Gasteiger partial charge in [0.15, 0.2) is 12.6 Å². The Morgan fingerprint density at radius 2 is 1.44 bits per heavy atom. The van der Waals surface area contributed by atoms with Gasteiger partial charge in [-0.3, -0.25) is 24.8 Å². The molecule has 12 rings (SSSR count). The number of piperazine rings is 2. The lowest BCUT2D eigenvalue weighted by molar-refractivity contribution is -0.120. The van der Waals surface area contributed by atoms with E-state index in [-0.39, 0.29) is 42.8 Å². The first kappa shape index (κ1) is 57.3. The zero-order chi connectivity index (χ0) is 59.0. The van der Waals surface area contributed by atoms with Crippen molar-refractivity contribution in [2.45, 2.75) is 159 Å². The van der Waals surface area contributed by atoms with Gasteiger partial charge in [0.25, 0.3) is 0 Å². The number of urea groups is 1. The van der Waals surface area contributed by atoms with E-state index in [2.05, 4.69) is 52.8 Å². The van der Waals surface area contributed by atoms with Gasteiger partial charge in [-0.2, -0.15) is 4.90 Å². The normalized spacial score (nSPS) is 24.5. The maximum absolute atomic E-state index is 17.2. The molecule has 5 aromatic rings. The van der Waals surface area contributed by atoms with Crippen molar-refractivity contribution < 1.29 is 46.9 Å². The second-order valence-corrected chi connectivity index (χ2v) is 26.1. The molecule has 22 heteroatoms. The number of hydrogen-bond acceptors (Lipinski definition) is 16. The molecule has 7 aliphatic rings. The monoisotopic (exact) mass is 1160 g/mol. The van der Waals surface area contributed by atoms with Crippen molar-refractivity contribution in [2.24, 2.45) is 0 Å². The number of aromatic nitrogens is 4. The first-order chi connectivity index (χ1) is 40.1. The molecular formula is C62H78F2N12O8. The van der Waals surface area contributed by atoms with E-state index < -0.39 is 35.1 Å². The number of likely N-dealkylation sites (tertiary alicyclic amines) is 1. The van der Waals surface area contributed by atoms with Crippen LogP contribution in [-0.4, -0.2) is 167 Å². The number of hydrogen-bond donors (Lipinski definition) is 1. The molecule has 5 amide bonds. The van der Waals surface area contributed by atoms with Crippen LogP contribution in [-0.2, 0) is 19.0 Å². The van der Waals surface area contributed by atoms with Crippen molar-refractivity contribution >= 4 is 63.7 Å². The number of fused-ring (bicyclic) bond motifs is 5. The molecule has 0 radical (unpaired) electrons. The number of para-hydroxylation sites is 1. The number of imide groups is 2. The van der Waals surface area contributed by atoms with Crippen LogP contribution in [0, 0.1) is 12.7 Å². The molecule has 448 valence electrons. The third-order valence-electron chi connectivity index (χ3n) is 18.0. The van der Waals surface area contributed by atoms with Crippen LogP contribution >= 0.6 is 0 Å². The third kappa shape index (κ3) is 11.4. The summed E-state index contributed by atoms with van der Waals surface area (Å²) in [6.07, 6.45) is 8.70. The Bertz CT molecular complexity index is 3280. The number of carbonyl (C=O) groups is 4. The molecule has 4 unspecified atom stereocenters. The van der Waals surface area contributed by atoms with E-state index in [1.807, 2.05) is 47.4 Å². The van der Waals surface area contributed by atoms with E-state index in [9.17, 15) is 19.2 Å². The highest BCUT2D eigenvalue weighted by molar-refractivity contribution is 6.11. The lowest BCUT2D eigenvalue weighted by atomic mass is 9.84. The molecule has 84 heavy (non-hydrogen) atoms. The lowest BCUT2D eigenvalue weighted by Gasteiger charge is -2.51. The van der Waals surface area contributed by atoms with E-state index in [0.29, 0.717) is 110 Å². The van der Waals surface area contributed by atoms with Gasteiger partial charge < -0.3 is 38.2 Å². The smallest absolute Gasteiger partial charge is 0.425 e. The first-order valence-electron chi connectivity index (χ1n) is 29.8. The summed E-state index contributed by atoms with van der Waals surface area (Å²) in [5.74, 6) is -0.131. The van der Waals surface area contributed by atoms with E-state index >= 15 is 8.78 Å². The minimum atomic E-state index is -1.39. The van der Waals surface area contributed by atoms with E-state index in [4.69, 9.17) is 23.9 Å². The molecule has 4 atom stereocenters. The zero-order valence-corrected chi connectivity index (χ0v) is 49.5. The number of alkyl halides is 1. The summed E-state index contributed by atoms with van der Waals surface area (Å²) in [7, 11) is 1.54. The molecular weight excluding hydrogens is 1080 g/mol. The van der Waals surface area contributed by atoms with Gasteiger partial charge in [0, 0.05) is 138 Å². The average molecular weight is 1160 g/mol. The summed E-state index contributed by atoms with van der Waals surface area (Å²) < 4.78 is 58.4. The highest BCUT2D eigenvalue weighted by atomic mass is 19.1. The number of aryl methyl sites for hydroxylation is 1. The van der Waals surface area contributed by atoms with Crippen molar-refractivity contribution in [3.05, 3.63) is 78.4 Å². The van der Waals surface area contributed by atoms with Crippen LogP contribution in [0.5, 0.6) is 5.75 Å². The number of methoxy groups -OCH3 is 1. The van der Waals surface area contributed by atoms with E-state index in [1.165, 1.54) is 13.2 Å². The molecule has 20 nitrogen and oxygen atoms in total. The number of amides is 5. The van der Waals surface area contributed by atoms with Gasteiger partial charge in [-0.25, -0.2) is 28.1 Å². The molecule has 0 spiro atoms. The Labute approximate surface area is 489 Å². The van der Waals surface area contributed by atoms with Crippen LogP contribution in [0.15, 0.2) is 67.0 Å². The molecule has 2 aromatic carbocycles. The Hall–Kier alpha value is -7.17. The predicted molar refractivity (Wildman–Crippen MR) is 315 cm³/mol. The Morgan fingerprint density at radius 3 is 2.10 bits per heavy atom. The number of ether oxygens (including phenoxy) is 4. The number of anilines is 5. The SMILES string of the molecule is COCOc1ccccc1-c1cc(N2CC3CCC(C2)N3c2ccc(F)c(N3CCC(F)(CN4C5CCC4CN(C4CC(n6cc(C)c7cc(N8CCC(=O)NC8=O)cnc76)C4)C5)CC3)c2)c(N(C(=O)OC(C)(C)C)C(=O)OC(C)(C)C)nn1. The highest BCUT2D eigenvalue weighted by Gasteiger charge is 2.49. The number of halogens is 2. The summed E-state index contributed by atoms with van der Waals surface area (Å²) >= 11 is 0. The zero-order valence-electron chi connectivity index (χ0n) is 49.5. The van der Waals surface area contributed by atoms with Gasteiger partial charge in [-0.1, -0.05) is 12.1 Å². The number of nitrogens with zero attached hydrogens (tertiary/aromatic N) is 11. The first-order valence-corrected chi connectivity index (χ1v) is 29.8. The maximum Gasteiger partial charge on any atom is 0.425 e. The molecule has 3 aromatic heterocycles. The summed E-state index contributed by atoms with van der Waals surface area (Å²) in [6, 6.07) is 17.4. The van der Waals surface area contributed by atoms with Gasteiger partial charge in [-0.05, 0) is 135 Å². The second kappa shape index (κ2) is 22.4. The average Bonchev–Trinajstić information content (AvgIpc) is 1.96. The maximum atomic E-state index is 17.2. The van der Waals surface area contributed by atoms with Gasteiger partial charge >= 0.3 is 18.2 Å². The fraction of sp³-hybridized carbons (Fsp3) is 0.565. The van der Waals surface area contributed by atoms with Gasteiger partial charge in [0.1, 0.15) is 34.1 Å². The molecule has 7 fully saturated rings. The van der Waals surface area contributed by atoms with Crippen LogP contribution in [0.1, 0.15) is 111 Å². The van der Waals surface area contributed by atoms with Crippen LogP contribution in [0.2, 0.25) is 0 Å². The Balaban J connectivity index is 0.702. The number of carbonyl (C=O) groups excluding carboxylic acids is 4.